The Labute approximate surface area is 177 Å². The summed E-state index contributed by atoms with van der Waals surface area (Å²) in [6.07, 6.45) is 2.23. The number of nitrogens with zero attached hydrogens (tertiary/aromatic N) is 1. The van der Waals surface area contributed by atoms with E-state index in [9.17, 15) is 9.59 Å². The Morgan fingerprint density at radius 1 is 0.933 bits per heavy atom. The van der Waals surface area contributed by atoms with Gasteiger partial charge in [-0.05, 0) is 56.0 Å². The molecule has 1 amide bonds. The van der Waals surface area contributed by atoms with E-state index in [4.69, 9.17) is 9.47 Å². The number of carbonyl (C=O) groups is 2. The summed E-state index contributed by atoms with van der Waals surface area (Å²) in [6.45, 7) is 4.09. The summed E-state index contributed by atoms with van der Waals surface area (Å²) in [6, 6.07) is 11.6. The highest BCUT2D eigenvalue weighted by molar-refractivity contribution is 6.07. The van der Waals surface area contributed by atoms with Crippen molar-refractivity contribution in [2.45, 2.75) is 45.4 Å². The highest BCUT2D eigenvalue weighted by atomic mass is 16.5. The topological polar surface area (TPSA) is 55.8 Å². The smallest absolute Gasteiger partial charge is 0.232 e. The molecule has 5 nitrogen and oxygen atoms in total. The predicted octanol–water partition coefficient (Wildman–Crippen LogP) is 4.85. The first-order chi connectivity index (χ1) is 14.4. The second-order valence-electron chi connectivity index (χ2n) is 8.00. The first kappa shape index (κ1) is 20.2. The number of ether oxygens (including phenoxy) is 2. The highest BCUT2D eigenvalue weighted by Gasteiger charge is 2.40. The average molecular weight is 405 g/mol. The molecule has 1 heterocycles. The van der Waals surface area contributed by atoms with Gasteiger partial charge in [0.15, 0.2) is 5.78 Å². The molecule has 0 fully saturated rings. The maximum atomic E-state index is 13.4. The number of aryl methyl sites for hydroxylation is 2. The van der Waals surface area contributed by atoms with E-state index < -0.39 is 0 Å². The van der Waals surface area contributed by atoms with E-state index in [2.05, 4.69) is 6.92 Å². The number of ketones is 1. The number of amides is 1. The first-order valence-corrected chi connectivity index (χ1v) is 10.3. The number of allylic oxidation sites excluding steroid dienone is 2. The molecular weight excluding hydrogens is 378 g/mol. The number of Topliss-reactive ketones (excluding diaryl/α,β-unsaturated/α-hetero) is 1. The fraction of sp³-hybridized carbons (Fsp3) is 0.360. The van der Waals surface area contributed by atoms with E-state index >= 15 is 0 Å². The van der Waals surface area contributed by atoms with E-state index in [0.717, 1.165) is 34.5 Å². The largest absolute Gasteiger partial charge is 0.497 e. The number of rotatable bonds is 4. The van der Waals surface area contributed by atoms with Crippen LogP contribution in [0.4, 0.5) is 5.69 Å². The van der Waals surface area contributed by atoms with Crippen molar-refractivity contribution in [1.29, 1.82) is 0 Å². The minimum atomic E-state index is -0.302. The fourth-order valence-corrected chi connectivity index (χ4v) is 4.53. The summed E-state index contributed by atoms with van der Waals surface area (Å²) in [4.78, 5) is 28.2. The predicted molar refractivity (Wildman–Crippen MR) is 116 cm³/mol. The van der Waals surface area contributed by atoms with E-state index in [-0.39, 0.29) is 24.0 Å². The lowest BCUT2D eigenvalue weighted by Gasteiger charge is -2.38. The van der Waals surface area contributed by atoms with Gasteiger partial charge in [0, 0.05) is 47.3 Å². The molecule has 1 atom stereocenters. The second-order valence-corrected chi connectivity index (χ2v) is 8.00. The number of hydrogen-bond donors (Lipinski definition) is 0. The third kappa shape index (κ3) is 3.38. The SMILES string of the molecule is COc1ccc(C2CC(=O)N(c3ccc(C)c(C)c3)C3=C2C(=O)CCC3)c(OC)c1. The molecular formula is C25H27NO4. The van der Waals surface area contributed by atoms with Crippen LogP contribution in [0.15, 0.2) is 47.7 Å². The maximum absolute atomic E-state index is 13.4. The molecule has 0 spiro atoms. The molecule has 0 aromatic heterocycles. The van der Waals surface area contributed by atoms with Gasteiger partial charge in [-0.1, -0.05) is 12.1 Å². The van der Waals surface area contributed by atoms with Crippen molar-refractivity contribution in [2.75, 3.05) is 19.1 Å². The lowest BCUT2D eigenvalue weighted by molar-refractivity contribution is -0.119. The molecule has 0 saturated heterocycles. The standard InChI is InChI=1S/C25H27NO4/c1-15-8-9-17(12-16(15)2)26-21-6-5-7-22(27)25(21)20(14-24(26)28)19-11-10-18(29-3)13-23(19)30-4/h8-13,20H,5-7,14H2,1-4H3. The summed E-state index contributed by atoms with van der Waals surface area (Å²) in [5.74, 6) is 1.15. The van der Waals surface area contributed by atoms with E-state index in [1.165, 1.54) is 5.56 Å². The van der Waals surface area contributed by atoms with E-state index in [1.807, 2.05) is 43.3 Å². The van der Waals surface area contributed by atoms with Crippen LogP contribution in [0.3, 0.4) is 0 Å². The van der Waals surface area contributed by atoms with Crippen LogP contribution in [-0.4, -0.2) is 25.9 Å². The molecule has 1 aliphatic carbocycles. The van der Waals surface area contributed by atoms with Crippen molar-refractivity contribution < 1.29 is 19.1 Å². The summed E-state index contributed by atoms with van der Waals surface area (Å²) in [5.41, 5.74) is 5.59. The van der Waals surface area contributed by atoms with Gasteiger partial charge in [0.25, 0.3) is 0 Å². The molecule has 0 N–H and O–H groups in total. The van der Waals surface area contributed by atoms with Gasteiger partial charge in [0.2, 0.25) is 5.91 Å². The summed E-state index contributed by atoms with van der Waals surface area (Å²) in [7, 11) is 3.20. The summed E-state index contributed by atoms with van der Waals surface area (Å²) < 4.78 is 10.9. The Hall–Kier alpha value is -3.08. The Kier molecular flexibility index (Phi) is 5.37. The van der Waals surface area contributed by atoms with Gasteiger partial charge in [-0.15, -0.1) is 0 Å². The van der Waals surface area contributed by atoms with Crippen molar-refractivity contribution in [3.63, 3.8) is 0 Å². The number of benzene rings is 2. The second kappa shape index (κ2) is 7.98. The van der Waals surface area contributed by atoms with Crippen LogP contribution < -0.4 is 14.4 Å². The van der Waals surface area contributed by atoms with Crippen molar-refractivity contribution in [3.8, 4) is 11.5 Å². The van der Waals surface area contributed by atoms with Crippen LogP contribution in [0.5, 0.6) is 11.5 Å². The molecule has 5 heteroatoms. The normalized spacial score (nSPS) is 19.1. The highest BCUT2D eigenvalue weighted by Crippen LogP contribution is 2.46. The average Bonchev–Trinajstić information content (AvgIpc) is 2.75. The molecule has 1 unspecified atom stereocenters. The lowest BCUT2D eigenvalue weighted by Crippen LogP contribution is -2.40. The van der Waals surface area contributed by atoms with Crippen LogP contribution >= 0.6 is 0 Å². The number of methoxy groups -OCH3 is 2. The number of hydrogen-bond acceptors (Lipinski definition) is 4. The molecule has 1 aliphatic heterocycles. The van der Waals surface area contributed by atoms with E-state index in [0.29, 0.717) is 24.3 Å². The van der Waals surface area contributed by atoms with Gasteiger partial charge in [-0.2, -0.15) is 0 Å². The van der Waals surface area contributed by atoms with Gasteiger partial charge in [0.05, 0.1) is 14.2 Å². The zero-order chi connectivity index (χ0) is 21.4. The summed E-state index contributed by atoms with van der Waals surface area (Å²) in [5, 5.41) is 0. The Bertz CT molecular complexity index is 1050. The Morgan fingerprint density at radius 2 is 1.73 bits per heavy atom. The molecule has 0 saturated carbocycles. The minimum absolute atomic E-state index is 0.00886. The molecule has 0 radical (unpaired) electrons. The molecule has 2 aromatic carbocycles. The van der Waals surface area contributed by atoms with Crippen LogP contribution in [0.1, 0.15) is 48.3 Å². The minimum Gasteiger partial charge on any atom is -0.497 e. The third-order valence-corrected chi connectivity index (χ3v) is 6.24. The van der Waals surface area contributed by atoms with Crippen molar-refractivity contribution in [3.05, 3.63) is 64.4 Å². The van der Waals surface area contributed by atoms with Crippen LogP contribution in [0, 0.1) is 13.8 Å². The van der Waals surface area contributed by atoms with Crippen LogP contribution in [-0.2, 0) is 9.59 Å². The zero-order valence-corrected chi connectivity index (χ0v) is 18.0. The third-order valence-electron chi connectivity index (χ3n) is 6.24. The molecule has 4 rings (SSSR count). The van der Waals surface area contributed by atoms with Gasteiger partial charge in [-0.3, -0.25) is 14.5 Å². The summed E-state index contributed by atoms with van der Waals surface area (Å²) >= 11 is 0. The molecule has 2 aromatic rings. The van der Waals surface area contributed by atoms with Crippen molar-refractivity contribution >= 4 is 17.4 Å². The Balaban J connectivity index is 1.87. The molecule has 30 heavy (non-hydrogen) atoms. The Morgan fingerprint density at radius 3 is 2.43 bits per heavy atom. The molecule has 156 valence electrons. The fourth-order valence-electron chi connectivity index (χ4n) is 4.53. The first-order valence-electron chi connectivity index (χ1n) is 10.3. The van der Waals surface area contributed by atoms with Gasteiger partial charge in [-0.25, -0.2) is 0 Å². The number of anilines is 1. The molecule has 0 bridgehead atoms. The van der Waals surface area contributed by atoms with Gasteiger partial charge < -0.3 is 9.47 Å². The van der Waals surface area contributed by atoms with Crippen molar-refractivity contribution in [2.24, 2.45) is 0 Å². The monoisotopic (exact) mass is 405 g/mol. The lowest BCUT2D eigenvalue weighted by atomic mass is 9.76. The quantitative estimate of drug-likeness (QED) is 0.730. The van der Waals surface area contributed by atoms with Crippen LogP contribution in [0.2, 0.25) is 0 Å². The van der Waals surface area contributed by atoms with Gasteiger partial charge in [0.1, 0.15) is 11.5 Å². The van der Waals surface area contributed by atoms with Gasteiger partial charge >= 0.3 is 0 Å². The maximum Gasteiger partial charge on any atom is 0.232 e. The number of carbonyl (C=O) groups excluding carboxylic acids is 2. The van der Waals surface area contributed by atoms with E-state index in [1.54, 1.807) is 19.1 Å². The van der Waals surface area contributed by atoms with Crippen molar-refractivity contribution in [1.82, 2.24) is 0 Å². The zero-order valence-electron chi connectivity index (χ0n) is 18.0. The molecule has 2 aliphatic rings. The van der Waals surface area contributed by atoms with Crippen LogP contribution in [0.25, 0.3) is 0 Å².